The summed E-state index contributed by atoms with van der Waals surface area (Å²) in [4.78, 5) is 12.6. The standard InChI is InChI=1S/C21H25N7O2/c1-12-26-27-16-5-4-13(11-28(12)16)15-10-22-18-17(15)19(30-3)25-20(24-18)23-14-6-8-21(2,29)9-7-14/h4-5,10-11,14,29H,6-9H2,1-3H3,(H2,22,23,24,25)/t14-,21-. The lowest BCUT2D eigenvalue weighted by molar-refractivity contribution is 0.0195. The van der Waals surface area contributed by atoms with Crippen LogP contribution in [0.15, 0.2) is 24.5 Å². The highest BCUT2D eigenvalue weighted by molar-refractivity contribution is 5.97. The molecule has 0 unspecified atom stereocenters. The fraction of sp³-hybridized carbons (Fsp3) is 0.429. The monoisotopic (exact) mass is 407 g/mol. The molecule has 9 nitrogen and oxygen atoms in total. The summed E-state index contributed by atoms with van der Waals surface area (Å²) in [6.07, 6.45) is 7.22. The highest BCUT2D eigenvalue weighted by Crippen LogP contribution is 2.35. The second-order valence-electron chi connectivity index (χ2n) is 8.29. The van der Waals surface area contributed by atoms with Crippen molar-refractivity contribution in [3.63, 3.8) is 0 Å². The summed E-state index contributed by atoms with van der Waals surface area (Å²) in [6, 6.07) is 4.18. The highest BCUT2D eigenvalue weighted by Gasteiger charge is 2.29. The second kappa shape index (κ2) is 6.94. The van der Waals surface area contributed by atoms with Gasteiger partial charge in [0.15, 0.2) is 5.65 Å². The summed E-state index contributed by atoms with van der Waals surface area (Å²) < 4.78 is 7.58. The maximum atomic E-state index is 10.2. The zero-order valence-electron chi connectivity index (χ0n) is 17.3. The number of pyridine rings is 1. The van der Waals surface area contributed by atoms with Crippen LogP contribution in [0.1, 0.15) is 38.4 Å². The lowest BCUT2D eigenvalue weighted by Crippen LogP contribution is -2.36. The van der Waals surface area contributed by atoms with E-state index < -0.39 is 5.60 Å². The number of nitrogens with zero attached hydrogens (tertiary/aromatic N) is 5. The minimum Gasteiger partial charge on any atom is -0.480 e. The van der Waals surface area contributed by atoms with E-state index in [1.807, 2.05) is 42.8 Å². The first-order valence-corrected chi connectivity index (χ1v) is 10.2. The van der Waals surface area contributed by atoms with Gasteiger partial charge in [0.1, 0.15) is 11.5 Å². The molecule has 30 heavy (non-hydrogen) atoms. The third kappa shape index (κ3) is 3.24. The zero-order chi connectivity index (χ0) is 20.9. The van der Waals surface area contributed by atoms with Crippen LogP contribution in [0.3, 0.4) is 0 Å². The Kier molecular flexibility index (Phi) is 4.35. The number of methoxy groups -OCH3 is 1. The maximum Gasteiger partial charge on any atom is 0.228 e. The van der Waals surface area contributed by atoms with Crippen molar-refractivity contribution in [3.8, 4) is 17.0 Å². The van der Waals surface area contributed by atoms with Crippen LogP contribution in [0.2, 0.25) is 0 Å². The van der Waals surface area contributed by atoms with Crippen LogP contribution in [0.5, 0.6) is 5.88 Å². The van der Waals surface area contributed by atoms with Gasteiger partial charge in [-0.3, -0.25) is 4.40 Å². The van der Waals surface area contributed by atoms with Gasteiger partial charge in [0, 0.05) is 29.6 Å². The molecule has 9 heteroatoms. The minimum atomic E-state index is -0.570. The summed E-state index contributed by atoms with van der Waals surface area (Å²) in [7, 11) is 1.62. The predicted molar refractivity (Wildman–Crippen MR) is 114 cm³/mol. The van der Waals surface area contributed by atoms with Gasteiger partial charge in [0.25, 0.3) is 0 Å². The number of aryl methyl sites for hydroxylation is 1. The second-order valence-corrected chi connectivity index (χ2v) is 8.29. The normalized spacial score (nSPS) is 21.9. The first-order valence-electron chi connectivity index (χ1n) is 10.2. The average molecular weight is 407 g/mol. The molecule has 4 aromatic rings. The molecular formula is C21H25N7O2. The zero-order valence-corrected chi connectivity index (χ0v) is 17.3. The van der Waals surface area contributed by atoms with Crippen molar-refractivity contribution in [2.45, 2.75) is 51.2 Å². The Hall–Kier alpha value is -3.20. The Morgan fingerprint density at radius 2 is 2.03 bits per heavy atom. The van der Waals surface area contributed by atoms with Crippen LogP contribution >= 0.6 is 0 Å². The van der Waals surface area contributed by atoms with E-state index in [9.17, 15) is 5.11 Å². The van der Waals surface area contributed by atoms with Crippen molar-refractivity contribution in [1.82, 2.24) is 29.5 Å². The molecule has 4 aromatic heterocycles. The van der Waals surface area contributed by atoms with Crippen molar-refractivity contribution in [1.29, 1.82) is 0 Å². The van der Waals surface area contributed by atoms with Crippen molar-refractivity contribution >= 4 is 22.6 Å². The Labute approximate surface area is 173 Å². The fourth-order valence-corrected chi connectivity index (χ4v) is 4.17. The molecule has 1 aliphatic rings. The molecule has 0 spiro atoms. The largest absolute Gasteiger partial charge is 0.480 e. The maximum absolute atomic E-state index is 10.2. The lowest BCUT2D eigenvalue weighted by atomic mass is 9.84. The molecule has 0 aromatic carbocycles. The van der Waals surface area contributed by atoms with Crippen LogP contribution in [-0.2, 0) is 0 Å². The molecule has 0 atom stereocenters. The summed E-state index contributed by atoms with van der Waals surface area (Å²) in [5.41, 5.74) is 2.89. The molecule has 0 saturated heterocycles. The van der Waals surface area contributed by atoms with Gasteiger partial charge in [-0.2, -0.15) is 9.97 Å². The first-order chi connectivity index (χ1) is 14.4. The van der Waals surface area contributed by atoms with Crippen molar-refractivity contribution in [2.24, 2.45) is 0 Å². The predicted octanol–water partition coefficient (Wildman–Crippen LogP) is 3.09. The molecule has 156 valence electrons. The number of hydrogen-bond acceptors (Lipinski definition) is 7. The van der Waals surface area contributed by atoms with E-state index in [-0.39, 0.29) is 6.04 Å². The van der Waals surface area contributed by atoms with E-state index in [4.69, 9.17) is 4.74 Å². The van der Waals surface area contributed by atoms with Crippen LogP contribution in [0.4, 0.5) is 5.95 Å². The SMILES string of the molecule is COc1nc(N[C@H]2CC[C@](C)(O)CC2)nc2[nH]cc(-c3ccc4nnc(C)n4c3)c12. The molecule has 5 rings (SSSR count). The topological polar surface area (TPSA) is 113 Å². The number of aromatic nitrogens is 6. The van der Waals surface area contributed by atoms with E-state index in [1.54, 1.807) is 7.11 Å². The first kappa shape index (κ1) is 18.8. The number of aliphatic hydroxyl groups is 1. The summed E-state index contributed by atoms with van der Waals surface area (Å²) in [5.74, 6) is 1.87. The third-order valence-electron chi connectivity index (χ3n) is 5.97. The molecule has 4 heterocycles. The number of rotatable bonds is 4. The summed E-state index contributed by atoms with van der Waals surface area (Å²) >= 11 is 0. The van der Waals surface area contributed by atoms with Gasteiger partial charge >= 0.3 is 0 Å². The Balaban J connectivity index is 1.50. The quantitative estimate of drug-likeness (QED) is 0.476. The molecule has 1 aliphatic carbocycles. The average Bonchev–Trinajstić information content (AvgIpc) is 3.32. The minimum absolute atomic E-state index is 0.237. The number of H-pyrrole nitrogens is 1. The molecule has 0 bridgehead atoms. The molecule has 0 radical (unpaired) electrons. The van der Waals surface area contributed by atoms with Gasteiger partial charge in [0.2, 0.25) is 11.8 Å². The molecule has 0 amide bonds. The Morgan fingerprint density at radius 1 is 1.23 bits per heavy atom. The molecule has 1 fully saturated rings. The van der Waals surface area contributed by atoms with Crippen LogP contribution < -0.4 is 10.1 Å². The summed E-state index contributed by atoms with van der Waals surface area (Å²) in [6.45, 7) is 3.82. The van der Waals surface area contributed by atoms with Gasteiger partial charge in [-0.1, -0.05) is 0 Å². The van der Waals surface area contributed by atoms with Crippen LogP contribution in [0.25, 0.3) is 27.8 Å². The third-order valence-corrected chi connectivity index (χ3v) is 5.97. The Bertz CT molecular complexity index is 1220. The van der Waals surface area contributed by atoms with Crippen molar-refractivity contribution in [3.05, 3.63) is 30.4 Å². The van der Waals surface area contributed by atoms with Gasteiger partial charge in [0.05, 0.1) is 18.1 Å². The molecular weight excluding hydrogens is 382 g/mol. The number of nitrogens with one attached hydrogen (secondary N) is 2. The number of fused-ring (bicyclic) bond motifs is 2. The molecule has 1 saturated carbocycles. The molecule has 3 N–H and O–H groups in total. The summed E-state index contributed by atoms with van der Waals surface area (Å²) in [5, 5.41) is 22.7. The van der Waals surface area contributed by atoms with Gasteiger partial charge < -0.3 is 20.1 Å². The fourth-order valence-electron chi connectivity index (χ4n) is 4.17. The highest BCUT2D eigenvalue weighted by atomic mass is 16.5. The van der Waals surface area contributed by atoms with E-state index in [0.29, 0.717) is 17.5 Å². The number of anilines is 1. The Morgan fingerprint density at radius 3 is 2.80 bits per heavy atom. The lowest BCUT2D eigenvalue weighted by Gasteiger charge is -2.33. The number of ether oxygens (including phenoxy) is 1. The van der Waals surface area contributed by atoms with E-state index >= 15 is 0 Å². The van der Waals surface area contributed by atoms with Crippen molar-refractivity contribution < 1.29 is 9.84 Å². The van der Waals surface area contributed by atoms with E-state index in [1.165, 1.54) is 0 Å². The van der Waals surface area contributed by atoms with E-state index in [2.05, 4.69) is 30.5 Å². The number of hydrogen-bond donors (Lipinski definition) is 3. The van der Waals surface area contributed by atoms with Gasteiger partial charge in [-0.05, 0) is 51.7 Å². The van der Waals surface area contributed by atoms with Crippen molar-refractivity contribution in [2.75, 3.05) is 12.4 Å². The number of aromatic amines is 1. The van der Waals surface area contributed by atoms with E-state index in [0.717, 1.165) is 53.7 Å². The molecule has 0 aliphatic heterocycles. The smallest absolute Gasteiger partial charge is 0.228 e. The van der Waals surface area contributed by atoms with Crippen LogP contribution in [-0.4, -0.2) is 53.4 Å². The van der Waals surface area contributed by atoms with Gasteiger partial charge in [-0.15, -0.1) is 10.2 Å². The van der Waals surface area contributed by atoms with Crippen LogP contribution in [0, 0.1) is 6.92 Å². The van der Waals surface area contributed by atoms with Gasteiger partial charge in [-0.25, -0.2) is 0 Å².